The average molecular weight is 310 g/mol. The maximum absolute atomic E-state index is 6.06. The molecule has 1 fully saturated rings. The number of likely N-dealkylation sites (N-methyl/N-ethyl adjacent to an activating group) is 1. The van der Waals surface area contributed by atoms with Gasteiger partial charge in [-0.1, -0.05) is 0 Å². The van der Waals surface area contributed by atoms with E-state index in [1.54, 1.807) is 7.11 Å². The number of hydrogen-bond acceptors (Lipinski definition) is 4. The minimum absolute atomic E-state index is 0.161. The number of methoxy groups -OCH3 is 1. The quantitative estimate of drug-likeness (QED) is 0.811. The van der Waals surface area contributed by atoms with E-state index in [0.29, 0.717) is 5.88 Å². The van der Waals surface area contributed by atoms with Gasteiger partial charge < -0.3 is 18.9 Å². The Morgan fingerprint density at radius 1 is 1.48 bits per heavy atom. The summed E-state index contributed by atoms with van der Waals surface area (Å²) in [5.41, 5.74) is 1.98. The van der Waals surface area contributed by atoms with Gasteiger partial charge in [0.15, 0.2) is 0 Å². The second-order valence-corrected chi connectivity index (χ2v) is 5.65. The summed E-state index contributed by atoms with van der Waals surface area (Å²) in [6.07, 6.45) is 0.161. The lowest BCUT2D eigenvalue weighted by Gasteiger charge is -2.30. The third-order valence-corrected chi connectivity index (χ3v) is 4.12. The van der Waals surface area contributed by atoms with Crippen LogP contribution in [0.2, 0.25) is 0 Å². The van der Waals surface area contributed by atoms with E-state index in [-0.39, 0.29) is 6.10 Å². The summed E-state index contributed by atoms with van der Waals surface area (Å²) in [5.74, 6) is 2.09. The van der Waals surface area contributed by atoms with Crippen molar-refractivity contribution in [1.82, 2.24) is 14.5 Å². The van der Waals surface area contributed by atoms with Crippen LogP contribution in [0.15, 0.2) is 18.2 Å². The molecule has 1 unspecified atom stereocenters. The maximum Gasteiger partial charge on any atom is 0.124 e. The van der Waals surface area contributed by atoms with Crippen molar-refractivity contribution >= 4 is 22.6 Å². The molecule has 5 nitrogen and oxygen atoms in total. The first-order chi connectivity index (χ1) is 10.2. The Hall–Kier alpha value is -1.30. The Morgan fingerprint density at radius 3 is 3.05 bits per heavy atom. The smallest absolute Gasteiger partial charge is 0.124 e. The van der Waals surface area contributed by atoms with Crippen molar-refractivity contribution in [2.45, 2.75) is 18.5 Å². The number of aromatic nitrogens is 2. The number of morpholine rings is 1. The second kappa shape index (κ2) is 6.22. The van der Waals surface area contributed by atoms with E-state index in [4.69, 9.17) is 21.1 Å². The first kappa shape index (κ1) is 14.6. The highest BCUT2D eigenvalue weighted by Gasteiger charge is 2.21. The topological polar surface area (TPSA) is 39.5 Å². The Bertz CT molecular complexity index is 629. The van der Waals surface area contributed by atoms with Crippen LogP contribution in [-0.2, 0) is 17.2 Å². The van der Waals surface area contributed by atoms with Crippen LogP contribution in [0.1, 0.15) is 5.82 Å². The zero-order valence-electron chi connectivity index (χ0n) is 12.4. The van der Waals surface area contributed by atoms with Gasteiger partial charge in [-0.3, -0.25) is 0 Å². The molecule has 0 bridgehead atoms. The molecule has 1 aliphatic rings. The van der Waals surface area contributed by atoms with Gasteiger partial charge in [0.05, 0.1) is 43.3 Å². The minimum Gasteiger partial charge on any atom is -0.497 e. The van der Waals surface area contributed by atoms with E-state index in [1.807, 2.05) is 18.2 Å². The first-order valence-corrected chi connectivity index (χ1v) is 7.64. The predicted octanol–water partition coefficient (Wildman–Crippen LogP) is 2.11. The van der Waals surface area contributed by atoms with Crippen LogP contribution in [0.25, 0.3) is 11.0 Å². The number of ether oxygens (including phenoxy) is 2. The zero-order chi connectivity index (χ0) is 14.8. The van der Waals surface area contributed by atoms with Gasteiger partial charge in [0.2, 0.25) is 0 Å². The van der Waals surface area contributed by atoms with Crippen LogP contribution in [0.3, 0.4) is 0 Å². The molecule has 0 spiro atoms. The molecule has 1 aromatic heterocycles. The summed E-state index contributed by atoms with van der Waals surface area (Å²) in [6.45, 7) is 3.44. The molecule has 0 N–H and O–H groups in total. The van der Waals surface area contributed by atoms with Crippen LogP contribution in [-0.4, -0.2) is 54.4 Å². The lowest BCUT2D eigenvalue weighted by Crippen LogP contribution is -2.42. The largest absolute Gasteiger partial charge is 0.497 e. The van der Waals surface area contributed by atoms with E-state index >= 15 is 0 Å². The predicted molar refractivity (Wildman–Crippen MR) is 83.1 cm³/mol. The van der Waals surface area contributed by atoms with Crippen molar-refractivity contribution < 1.29 is 9.47 Å². The summed E-state index contributed by atoms with van der Waals surface area (Å²) in [4.78, 5) is 6.88. The lowest BCUT2D eigenvalue weighted by molar-refractivity contribution is -0.0272. The highest BCUT2D eigenvalue weighted by Crippen LogP contribution is 2.24. The van der Waals surface area contributed by atoms with Gasteiger partial charge in [-0.05, 0) is 19.2 Å². The van der Waals surface area contributed by atoms with Crippen LogP contribution in [0.5, 0.6) is 5.75 Å². The van der Waals surface area contributed by atoms with Gasteiger partial charge >= 0.3 is 0 Å². The molecule has 0 amide bonds. The lowest BCUT2D eigenvalue weighted by atomic mass is 10.2. The number of hydrogen-bond donors (Lipinski definition) is 0. The number of fused-ring (bicyclic) bond motifs is 1. The van der Waals surface area contributed by atoms with E-state index in [1.165, 1.54) is 0 Å². The van der Waals surface area contributed by atoms with E-state index in [2.05, 4.69) is 21.5 Å². The fourth-order valence-electron chi connectivity index (χ4n) is 2.77. The second-order valence-electron chi connectivity index (χ2n) is 5.38. The normalized spacial score (nSPS) is 20.0. The summed E-state index contributed by atoms with van der Waals surface area (Å²) in [6, 6.07) is 5.89. The molecular weight excluding hydrogens is 290 g/mol. The Morgan fingerprint density at radius 2 is 2.33 bits per heavy atom. The highest BCUT2D eigenvalue weighted by atomic mass is 35.5. The molecule has 0 saturated carbocycles. The fourth-order valence-corrected chi connectivity index (χ4v) is 2.97. The number of alkyl halides is 1. The highest BCUT2D eigenvalue weighted by molar-refractivity contribution is 6.16. The summed E-state index contributed by atoms with van der Waals surface area (Å²) in [7, 11) is 3.79. The van der Waals surface area contributed by atoms with E-state index in [9.17, 15) is 0 Å². The summed E-state index contributed by atoms with van der Waals surface area (Å²) >= 11 is 6.06. The van der Waals surface area contributed by atoms with Gasteiger partial charge in [-0.25, -0.2) is 4.98 Å². The molecule has 2 heterocycles. The van der Waals surface area contributed by atoms with Gasteiger partial charge in [-0.2, -0.15) is 0 Å². The van der Waals surface area contributed by atoms with Crippen molar-refractivity contribution in [3.63, 3.8) is 0 Å². The van der Waals surface area contributed by atoms with Crippen molar-refractivity contribution in [3.8, 4) is 5.75 Å². The van der Waals surface area contributed by atoms with Crippen molar-refractivity contribution in [1.29, 1.82) is 0 Å². The minimum atomic E-state index is 0.161. The standard InChI is InChI=1S/C15H20ClN3O2/c1-18-5-6-21-12(9-18)10-19-14-7-11(20-2)3-4-13(14)17-15(19)8-16/h3-4,7,12H,5-6,8-10H2,1-2H3. The van der Waals surface area contributed by atoms with E-state index in [0.717, 1.165) is 48.8 Å². The Labute approximate surface area is 129 Å². The monoisotopic (exact) mass is 309 g/mol. The molecule has 114 valence electrons. The van der Waals surface area contributed by atoms with Crippen LogP contribution in [0.4, 0.5) is 0 Å². The Balaban J connectivity index is 1.94. The van der Waals surface area contributed by atoms with Gasteiger partial charge in [0.25, 0.3) is 0 Å². The molecule has 21 heavy (non-hydrogen) atoms. The molecule has 0 aliphatic carbocycles. The van der Waals surface area contributed by atoms with Crippen molar-refractivity contribution in [3.05, 3.63) is 24.0 Å². The number of nitrogens with zero attached hydrogens (tertiary/aromatic N) is 3. The molecule has 0 radical (unpaired) electrons. The fraction of sp³-hybridized carbons (Fsp3) is 0.533. The molecule has 1 aliphatic heterocycles. The number of imidazole rings is 1. The molecule has 2 aromatic rings. The van der Waals surface area contributed by atoms with E-state index < -0.39 is 0 Å². The molecule has 1 aromatic carbocycles. The molecule has 1 saturated heterocycles. The average Bonchev–Trinajstić information content (AvgIpc) is 2.84. The third-order valence-electron chi connectivity index (χ3n) is 3.88. The molecular formula is C15H20ClN3O2. The third kappa shape index (κ3) is 3.00. The zero-order valence-corrected chi connectivity index (χ0v) is 13.1. The summed E-state index contributed by atoms with van der Waals surface area (Å²) < 4.78 is 13.3. The summed E-state index contributed by atoms with van der Waals surface area (Å²) in [5, 5.41) is 0. The number of benzene rings is 1. The van der Waals surface area contributed by atoms with Crippen LogP contribution >= 0.6 is 11.6 Å². The molecule has 3 rings (SSSR count). The molecule has 1 atom stereocenters. The first-order valence-electron chi connectivity index (χ1n) is 7.10. The van der Waals surface area contributed by atoms with Gasteiger partial charge in [-0.15, -0.1) is 11.6 Å². The van der Waals surface area contributed by atoms with Crippen molar-refractivity contribution in [2.75, 3.05) is 33.9 Å². The Kier molecular flexibility index (Phi) is 4.33. The van der Waals surface area contributed by atoms with Crippen molar-refractivity contribution in [2.24, 2.45) is 0 Å². The van der Waals surface area contributed by atoms with Crippen LogP contribution in [0, 0.1) is 0 Å². The van der Waals surface area contributed by atoms with Gasteiger partial charge in [0.1, 0.15) is 11.6 Å². The van der Waals surface area contributed by atoms with Gasteiger partial charge in [0, 0.05) is 19.2 Å². The number of rotatable bonds is 4. The SMILES string of the molecule is COc1ccc2nc(CCl)n(CC3CN(C)CCO3)c2c1. The maximum atomic E-state index is 6.06. The van der Waals surface area contributed by atoms with Crippen LogP contribution < -0.4 is 4.74 Å². The molecule has 6 heteroatoms. The number of halogens is 1.